The SMILES string of the molecule is COc1ccc(/C=C2\C(=O)NC(=O)N(Cc3ccc(F)cc3)C2=O)cc1CN1C(=O)c2ccccc2C1=O. The van der Waals surface area contributed by atoms with E-state index in [4.69, 9.17) is 4.74 Å². The van der Waals surface area contributed by atoms with Crippen molar-refractivity contribution in [1.82, 2.24) is 15.1 Å². The molecule has 0 spiro atoms. The number of amides is 6. The van der Waals surface area contributed by atoms with E-state index >= 15 is 0 Å². The Morgan fingerprint density at radius 1 is 0.816 bits per heavy atom. The van der Waals surface area contributed by atoms with Crippen LogP contribution in [0.3, 0.4) is 0 Å². The summed E-state index contributed by atoms with van der Waals surface area (Å²) < 4.78 is 18.6. The molecule has 3 aromatic rings. The van der Waals surface area contributed by atoms with Crippen LogP contribution in [0.4, 0.5) is 9.18 Å². The van der Waals surface area contributed by atoms with Gasteiger partial charge >= 0.3 is 6.03 Å². The summed E-state index contributed by atoms with van der Waals surface area (Å²) in [6.07, 6.45) is 1.31. The summed E-state index contributed by atoms with van der Waals surface area (Å²) in [5.74, 6) is -2.62. The Morgan fingerprint density at radius 3 is 2.11 bits per heavy atom. The fourth-order valence-corrected chi connectivity index (χ4v) is 4.34. The van der Waals surface area contributed by atoms with E-state index in [2.05, 4.69) is 5.32 Å². The third-order valence-corrected chi connectivity index (χ3v) is 6.26. The van der Waals surface area contributed by atoms with Crippen LogP contribution in [-0.4, -0.2) is 46.6 Å². The normalized spacial score (nSPS) is 16.3. The van der Waals surface area contributed by atoms with Crippen LogP contribution in [0.1, 0.15) is 37.4 Å². The minimum absolute atomic E-state index is 0.0954. The first-order chi connectivity index (χ1) is 18.3. The third kappa shape index (κ3) is 4.43. The molecular formula is C28H20FN3O6. The highest BCUT2D eigenvalue weighted by Crippen LogP contribution is 2.29. The highest BCUT2D eigenvalue weighted by molar-refractivity contribution is 6.31. The summed E-state index contributed by atoms with van der Waals surface area (Å²) in [6, 6.07) is 15.7. The van der Waals surface area contributed by atoms with Gasteiger partial charge in [-0.3, -0.25) is 34.3 Å². The Hall–Kier alpha value is -5.12. The number of hydrogen-bond donors (Lipinski definition) is 1. The van der Waals surface area contributed by atoms with E-state index in [0.717, 1.165) is 9.80 Å². The Bertz CT molecular complexity index is 1510. The van der Waals surface area contributed by atoms with E-state index in [0.29, 0.717) is 33.6 Å². The van der Waals surface area contributed by atoms with Crippen molar-refractivity contribution in [2.24, 2.45) is 0 Å². The lowest BCUT2D eigenvalue weighted by molar-refractivity contribution is -0.130. The highest BCUT2D eigenvalue weighted by Gasteiger charge is 2.37. The zero-order valence-corrected chi connectivity index (χ0v) is 20.1. The standard InChI is InChI=1S/C28H20FN3O6/c1-38-23-11-8-17(12-18(23)15-31-25(34)20-4-2-3-5-21(20)26(31)35)13-22-24(33)30-28(37)32(27(22)36)14-16-6-9-19(29)10-7-16/h2-13H,14-15H2,1H3,(H,30,33,37)/b22-13+. The van der Waals surface area contributed by atoms with E-state index in [1.807, 2.05) is 0 Å². The number of nitrogens with one attached hydrogen (secondary N) is 1. The monoisotopic (exact) mass is 513 g/mol. The molecule has 0 unspecified atom stereocenters. The topological polar surface area (TPSA) is 113 Å². The van der Waals surface area contributed by atoms with Gasteiger partial charge in [-0.25, -0.2) is 9.18 Å². The predicted molar refractivity (Wildman–Crippen MR) is 132 cm³/mol. The second-order valence-electron chi connectivity index (χ2n) is 8.65. The molecule has 1 N–H and O–H groups in total. The van der Waals surface area contributed by atoms with E-state index in [1.165, 1.54) is 37.5 Å². The van der Waals surface area contributed by atoms with Gasteiger partial charge in [-0.1, -0.05) is 30.3 Å². The second kappa shape index (κ2) is 9.74. The molecule has 2 aliphatic heterocycles. The number of imide groups is 3. The molecule has 38 heavy (non-hydrogen) atoms. The fourth-order valence-electron chi connectivity index (χ4n) is 4.34. The molecule has 0 aliphatic carbocycles. The van der Waals surface area contributed by atoms with Crippen LogP contribution in [0.15, 0.2) is 72.3 Å². The molecule has 190 valence electrons. The van der Waals surface area contributed by atoms with Crippen molar-refractivity contribution in [1.29, 1.82) is 0 Å². The number of carbonyl (C=O) groups is 5. The number of methoxy groups -OCH3 is 1. The molecule has 0 atom stereocenters. The zero-order valence-electron chi connectivity index (χ0n) is 20.1. The van der Waals surface area contributed by atoms with Gasteiger partial charge < -0.3 is 4.74 Å². The molecule has 10 heteroatoms. The van der Waals surface area contributed by atoms with Gasteiger partial charge in [0.2, 0.25) is 0 Å². The molecule has 5 rings (SSSR count). The Kier molecular flexibility index (Phi) is 6.29. The molecule has 6 amide bonds. The number of halogens is 1. The summed E-state index contributed by atoms with van der Waals surface area (Å²) in [5.41, 5.74) is 1.71. The van der Waals surface area contributed by atoms with Gasteiger partial charge in [0.15, 0.2) is 0 Å². The first kappa shape index (κ1) is 24.6. The average Bonchev–Trinajstić information content (AvgIpc) is 3.15. The minimum Gasteiger partial charge on any atom is -0.496 e. The average molecular weight is 513 g/mol. The molecular weight excluding hydrogens is 493 g/mol. The molecule has 1 saturated heterocycles. The Balaban J connectivity index is 1.43. The van der Waals surface area contributed by atoms with Crippen molar-refractivity contribution in [2.45, 2.75) is 13.1 Å². The summed E-state index contributed by atoms with van der Waals surface area (Å²) in [6.45, 7) is -0.259. The number of benzene rings is 3. The van der Waals surface area contributed by atoms with Gasteiger partial charge in [-0.15, -0.1) is 0 Å². The van der Waals surface area contributed by atoms with Crippen molar-refractivity contribution in [2.75, 3.05) is 7.11 Å². The number of barbiturate groups is 1. The number of hydrogen-bond acceptors (Lipinski definition) is 6. The second-order valence-corrected chi connectivity index (χ2v) is 8.65. The number of nitrogens with zero attached hydrogens (tertiary/aromatic N) is 2. The van der Waals surface area contributed by atoms with Crippen LogP contribution in [0, 0.1) is 5.82 Å². The van der Waals surface area contributed by atoms with Crippen LogP contribution in [0.2, 0.25) is 0 Å². The summed E-state index contributed by atoms with van der Waals surface area (Å²) in [7, 11) is 1.44. The molecule has 2 aliphatic rings. The minimum atomic E-state index is -0.887. The van der Waals surface area contributed by atoms with Crippen LogP contribution in [0.5, 0.6) is 5.75 Å². The van der Waals surface area contributed by atoms with Crippen LogP contribution < -0.4 is 10.1 Å². The molecule has 0 saturated carbocycles. The molecule has 2 heterocycles. The van der Waals surface area contributed by atoms with E-state index in [1.54, 1.807) is 42.5 Å². The zero-order chi connectivity index (χ0) is 27.0. The summed E-state index contributed by atoms with van der Waals surface area (Å²) >= 11 is 0. The van der Waals surface area contributed by atoms with Gasteiger partial charge in [-0.2, -0.15) is 0 Å². The largest absolute Gasteiger partial charge is 0.496 e. The lowest BCUT2D eigenvalue weighted by atomic mass is 10.0. The number of ether oxygens (including phenoxy) is 1. The quantitative estimate of drug-likeness (QED) is 0.308. The maximum Gasteiger partial charge on any atom is 0.331 e. The molecule has 0 radical (unpaired) electrons. The lowest BCUT2D eigenvalue weighted by Gasteiger charge is -2.26. The van der Waals surface area contributed by atoms with Crippen LogP contribution >= 0.6 is 0 Å². The van der Waals surface area contributed by atoms with Gasteiger partial charge in [0.25, 0.3) is 23.6 Å². The third-order valence-electron chi connectivity index (χ3n) is 6.26. The Morgan fingerprint density at radius 2 is 1.47 bits per heavy atom. The fraction of sp³-hybridized carbons (Fsp3) is 0.107. The highest BCUT2D eigenvalue weighted by atomic mass is 19.1. The van der Waals surface area contributed by atoms with Crippen molar-refractivity contribution in [3.8, 4) is 5.75 Å². The smallest absolute Gasteiger partial charge is 0.331 e. The number of rotatable bonds is 6. The summed E-state index contributed by atoms with van der Waals surface area (Å²) in [5, 5.41) is 2.14. The Labute approximate surface area is 216 Å². The van der Waals surface area contributed by atoms with Crippen LogP contribution in [-0.2, 0) is 22.7 Å². The predicted octanol–water partition coefficient (Wildman–Crippen LogP) is 3.29. The van der Waals surface area contributed by atoms with Crippen molar-refractivity contribution in [3.05, 3.63) is 106 Å². The van der Waals surface area contributed by atoms with E-state index in [9.17, 15) is 28.4 Å². The maximum absolute atomic E-state index is 13.2. The maximum atomic E-state index is 13.2. The molecule has 0 bridgehead atoms. The molecule has 1 fully saturated rings. The molecule has 0 aromatic heterocycles. The first-order valence-corrected chi connectivity index (χ1v) is 11.5. The van der Waals surface area contributed by atoms with Crippen molar-refractivity contribution < 1.29 is 33.1 Å². The molecule has 9 nitrogen and oxygen atoms in total. The van der Waals surface area contributed by atoms with Gasteiger partial charge in [0, 0.05) is 5.56 Å². The van der Waals surface area contributed by atoms with Gasteiger partial charge in [-0.05, 0) is 53.6 Å². The van der Waals surface area contributed by atoms with Crippen molar-refractivity contribution in [3.63, 3.8) is 0 Å². The van der Waals surface area contributed by atoms with Crippen LogP contribution in [0.25, 0.3) is 6.08 Å². The number of fused-ring (bicyclic) bond motifs is 1. The van der Waals surface area contributed by atoms with Crippen molar-refractivity contribution >= 4 is 35.7 Å². The summed E-state index contributed by atoms with van der Waals surface area (Å²) in [4.78, 5) is 65.6. The molecule has 3 aromatic carbocycles. The van der Waals surface area contributed by atoms with E-state index < -0.39 is 35.5 Å². The van der Waals surface area contributed by atoms with Gasteiger partial charge in [0.05, 0.1) is 31.3 Å². The lowest BCUT2D eigenvalue weighted by Crippen LogP contribution is -2.53. The number of urea groups is 1. The first-order valence-electron chi connectivity index (χ1n) is 11.5. The van der Waals surface area contributed by atoms with E-state index in [-0.39, 0.29) is 18.7 Å². The number of carbonyl (C=O) groups excluding carboxylic acids is 5. The van der Waals surface area contributed by atoms with Gasteiger partial charge in [0.1, 0.15) is 17.1 Å².